The van der Waals surface area contributed by atoms with Crippen molar-refractivity contribution in [2.24, 2.45) is 0 Å². The zero-order chi connectivity index (χ0) is 28.1. The Hall–Kier alpha value is -3.69. The van der Waals surface area contributed by atoms with Crippen molar-refractivity contribution in [3.8, 4) is 17.0 Å². The Balaban J connectivity index is 1.55. The largest absolute Gasteiger partial charge is 0.489 e. The summed E-state index contributed by atoms with van der Waals surface area (Å²) in [6.45, 7) is 9.06. The van der Waals surface area contributed by atoms with Crippen LogP contribution in [0.2, 0.25) is 5.02 Å². The van der Waals surface area contributed by atoms with Crippen LogP contribution in [0, 0.1) is 5.82 Å². The fourth-order valence-electron chi connectivity index (χ4n) is 6.09. The number of fused-ring (bicyclic) bond motifs is 3. The van der Waals surface area contributed by atoms with Gasteiger partial charge in [-0.2, -0.15) is 0 Å². The van der Waals surface area contributed by atoms with Crippen LogP contribution in [-0.4, -0.2) is 96.5 Å². The first-order chi connectivity index (χ1) is 19.3. The van der Waals surface area contributed by atoms with Gasteiger partial charge in [0.1, 0.15) is 28.8 Å². The molecule has 10 heteroatoms. The Kier molecular flexibility index (Phi) is 6.88. The predicted molar refractivity (Wildman–Crippen MR) is 154 cm³/mol. The molecule has 6 rings (SSSR count). The van der Waals surface area contributed by atoms with Gasteiger partial charge in [0.2, 0.25) is 5.91 Å². The molecule has 0 bridgehead atoms. The fraction of sp³-hybridized carbons (Fsp3) is 0.367. The number of pyridine rings is 1. The molecule has 1 aromatic heterocycles. The highest BCUT2D eigenvalue weighted by atomic mass is 35.5. The van der Waals surface area contributed by atoms with Gasteiger partial charge in [0.25, 0.3) is 5.91 Å². The van der Waals surface area contributed by atoms with Crippen LogP contribution in [0.25, 0.3) is 22.0 Å². The second-order valence-electron chi connectivity index (χ2n) is 10.7. The average Bonchev–Trinajstić information content (AvgIpc) is 3.10. The van der Waals surface area contributed by atoms with E-state index in [9.17, 15) is 9.59 Å². The van der Waals surface area contributed by atoms with Crippen LogP contribution in [0.4, 0.5) is 10.2 Å². The number of likely N-dealkylation sites (N-methyl/N-ethyl adjacent to an activating group) is 1. The molecule has 3 aliphatic rings. The number of hydrogen-bond donors (Lipinski definition) is 0. The summed E-state index contributed by atoms with van der Waals surface area (Å²) in [5.41, 5.74) is 0.804. The molecule has 2 fully saturated rings. The molecule has 2 atom stereocenters. The van der Waals surface area contributed by atoms with Crippen LogP contribution in [0.5, 0.6) is 5.75 Å². The van der Waals surface area contributed by atoms with Crippen LogP contribution in [-0.2, 0) is 4.79 Å². The van der Waals surface area contributed by atoms with E-state index in [0.29, 0.717) is 37.4 Å². The Morgan fingerprint density at radius 2 is 1.88 bits per heavy atom. The number of benzene rings is 2. The molecule has 4 heterocycles. The first-order valence-electron chi connectivity index (χ1n) is 13.5. The Labute approximate surface area is 237 Å². The van der Waals surface area contributed by atoms with E-state index in [0.717, 1.165) is 18.5 Å². The summed E-state index contributed by atoms with van der Waals surface area (Å²) < 4.78 is 21.9. The molecule has 0 radical (unpaired) electrons. The summed E-state index contributed by atoms with van der Waals surface area (Å²) in [4.78, 5) is 39.3. The van der Waals surface area contributed by atoms with Gasteiger partial charge >= 0.3 is 0 Å². The maximum Gasteiger partial charge on any atom is 0.261 e. The lowest BCUT2D eigenvalue weighted by atomic mass is 9.99. The van der Waals surface area contributed by atoms with E-state index >= 15 is 4.39 Å². The molecule has 2 saturated heterocycles. The van der Waals surface area contributed by atoms with Crippen molar-refractivity contribution in [2.75, 3.05) is 57.8 Å². The van der Waals surface area contributed by atoms with Crippen molar-refractivity contribution in [1.29, 1.82) is 0 Å². The molecular weight excluding hydrogens is 533 g/mol. The Morgan fingerprint density at radius 1 is 1.10 bits per heavy atom. The van der Waals surface area contributed by atoms with Crippen molar-refractivity contribution in [1.82, 2.24) is 19.7 Å². The highest BCUT2D eigenvalue weighted by molar-refractivity contribution is 6.36. The lowest BCUT2D eigenvalue weighted by molar-refractivity contribution is -0.128. The number of amides is 2. The summed E-state index contributed by atoms with van der Waals surface area (Å²) in [7, 11) is 2.06. The van der Waals surface area contributed by atoms with Crippen LogP contribution in [0.3, 0.4) is 0 Å². The van der Waals surface area contributed by atoms with Crippen molar-refractivity contribution in [2.45, 2.75) is 19.0 Å². The molecule has 2 amide bonds. The zero-order valence-corrected chi connectivity index (χ0v) is 23.3. The van der Waals surface area contributed by atoms with Crippen molar-refractivity contribution in [3.05, 3.63) is 65.5 Å². The molecule has 2 aromatic carbocycles. The molecule has 0 spiro atoms. The monoisotopic (exact) mass is 563 g/mol. The number of rotatable bonds is 3. The molecule has 0 N–H and O–H groups in total. The van der Waals surface area contributed by atoms with Crippen LogP contribution < -0.4 is 9.64 Å². The van der Waals surface area contributed by atoms with E-state index in [2.05, 4.69) is 30.4 Å². The van der Waals surface area contributed by atoms with Gasteiger partial charge in [-0.3, -0.25) is 9.59 Å². The molecule has 3 aromatic rings. The van der Waals surface area contributed by atoms with Gasteiger partial charge in [0, 0.05) is 50.9 Å². The fourth-order valence-corrected chi connectivity index (χ4v) is 6.37. The smallest absolute Gasteiger partial charge is 0.261 e. The molecule has 208 valence electrons. The molecule has 0 aliphatic carbocycles. The minimum atomic E-state index is -0.457. The van der Waals surface area contributed by atoms with Crippen LogP contribution in [0.15, 0.2) is 49.1 Å². The van der Waals surface area contributed by atoms with Crippen molar-refractivity contribution < 1.29 is 18.7 Å². The maximum absolute atomic E-state index is 15.6. The summed E-state index contributed by atoms with van der Waals surface area (Å²) in [6.07, 6.45) is 1.28. The lowest BCUT2D eigenvalue weighted by Crippen LogP contribution is -2.57. The number of piperazine rings is 2. The van der Waals surface area contributed by atoms with Gasteiger partial charge in [-0.05, 0) is 36.9 Å². The van der Waals surface area contributed by atoms with Crippen LogP contribution in [0.1, 0.15) is 17.3 Å². The summed E-state index contributed by atoms with van der Waals surface area (Å²) in [5, 5.41) is 1.62. The molecule has 8 nitrogen and oxygen atoms in total. The minimum Gasteiger partial charge on any atom is -0.489 e. The highest BCUT2D eigenvalue weighted by Crippen LogP contribution is 2.46. The van der Waals surface area contributed by atoms with E-state index in [1.165, 1.54) is 12.1 Å². The third-order valence-corrected chi connectivity index (χ3v) is 8.51. The summed E-state index contributed by atoms with van der Waals surface area (Å²) >= 11 is 7.01. The van der Waals surface area contributed by atoms with E-state index in [1.54, 1.807) is 15.9 Å². The molecule has 40 heavy (non-hydrogen) atoms. The van der Waals surface area contributed by atoms with Gasteiger partial charge in [0.15, 0.2) is 5.75 Å². The summed E-state index contributed by atoms with van der Waals surface area (Å²) in [6, 6.07) is 10.3. The van der Waals surface area contributed by atoms with Crippen LogP contribution >= 0.6 is 11.6 Å². The average molecular weight is 564 g/mol. The number of anilines is 1. The third-order valence-electron chi connectivity index (χ3n) is 8.16. The number of nitrogens with zero attached hydrogens (tertiary/aromatic N) is 5. The van der Waals surface area contributed by atoms with Gasteiger partial charge in [-0.25, -0.2) is 9.37 Å². The molecular formula is C30H31ClFN5O3. The quantitative estimate of drug-likeness (QED) is 0.448. The van der Waals surface area contributed by atoms with Gasteiger partial charge in [0.05, 0.1) is 11.7 Å². The molecule has 3 aliphatic heterocycles. The van der Waals surface area contributed by atoms with Gasteiger partial charge in [-0.1, -0.05) is 48.5 Å². The van der Waals surface area contributed by atoms with Crippen molar-refractivity contribution in [3.63, 3.8) is 0 Å². The van der Waals surface area contributed by atoms with E-state index in [4.69, 9.17) is 21.3 Å². The van der Waals surface area contributed by atoms with E-state index in [1.807, 2.05) is 24.3 Å². The number of halogens is 2. The molecule has 1 unspecified atom stereocenters. The van der Waals surface area contributed by atoms with Gasteiger partial charge < -0.3 is 24.3 Å². The highest BCUT2D eigenvalue weighted by Gasteiger charge is 2.41. The predicted octanol–water partition coefficient (Wildman–Crippen LogP) is 4.07. The topological polar surface area (TPSA) is 69.2 Å². The first-order valence-corrected chi connectivity index (χ1v) is 13.9. The first kappa shape index (κ1) is 26.5. The Bertz CT molecular complexity index is 1530. The zero-order valence-electron chi connectivity index (χ0n) is 22.6. The minimum absolute atomic E-state index is 0.0376. The van der Waals surface area contributed by atoms with E-state index in [-0.39, 0.29) is 58.1 Å². The maximum atomic E-state index is 15.6. The third kappa shape index (κ3) is 4.37. The number of carbonyl (C=O) groups excluding carboxylic acids is 2. The summed E-state index contributed by atoms with van der Waals surface area (Å²) in [5.74, 6) is -0.238. The number of ether oxygens (including phenoxy) is 1. The van der Waals surface area contributed by atoms with E-state index < -0.39 is 5.82 Å². The normalized spacial score (nSPS) is 21.5. The second-order valence-corrected chi connectivity index (χ2v) is 11.1. The van der Waals surface area contributed by atoms with Gasteiger partial charge in [-0.15, -0.1) is 0 Å². The standard InChI is InChI=1S/C30H31ClFN5O3/c1-4-23(38)35-12-14-37-20(16-35)17-40-28-25(30(37)39)29(36-13-11-34(3)15-18(36)2)33-27(26(28)31)24-21-8-6-5-7-19(21)9-10-22(24)32/h4-10,18,20H,1,11-17H2,2-3H3/t18-,20?/m0/s1. The van der Waals surface area contributed by atoms with Crippen molar-refractivity contribution >= 4 is 40.0 Å². The second kappa shape index (κ2) is 10.4. The molecule has 0 saturated carbocycles. The number of hydrogen-bond acceptors (Lipinski definition) is 6. The lowest BCUT2D eigenvalue weighted by Gasteiger charge is -2.41. The Morgan fingerprint density at radius 3 is 2.65 bits per heavy atom. The number of aromatic nitrogens is 1. The number of carbonyl (C=O) groups is 2. The SMILES string of the molecule is C=CC(=O)N1CCN2C(=O)c3c(N4CCN(C)C[C@@H]4C)nc(-c4c(F)ccc5ccccc45)c(Cl)c3OCC2C1.